The SMILES string of the molecule is CN(C)CCN(C)C(=O)c1ncc(-c2cc(F)c(OCC3CCN(C(=O)OC4(C)CC4)CC3)c(F)c2)cn1. The number of carbonyl (C=O) groups is 2. The van der Waals surface area contributed by atoms with Crippen molar-refractivity contribution in [1.29, 1.82) is 0 Å². The summed E-state index contributed by atoms with van der Waals surface area (Å²) in [5, 5.41) is 0. The second kappa shape index (κ2) is 11.6. The second-order valence-corrected chi connectivity index (χ2v) is 10.7. The normalized spacial score (nSPS) is 16.9. The summed E-state index contributed by atoms with van der Waals surface area (Å²) in [4.78, 5) is 38.1. The van der Waals surface area contributed by atoms with E-state index in [2.05, 4.69) is 9.97 Å². The molecule has 2 fully saturated rings. The third kappa shape index (κ3) is 6.94. The van der Waals surface area contributed by atoms with Gasteiger partial charge in [-0.05, 0) is 70.3 Å². The molecule has 1 aliphatic carbocycles. The van der Waals surface area contributed by atoms with Crippen LogP contribution in [0.5, 0.6) is 5.75 Å². The fraction of sp³-hybridized carbons (Fsp3) is 0.556. The average molecular weight is 532 g/mol. The third-order valence-electron chi connectivity index (χ3n) is 7.03. The van der Waals surface area contributed by atoms with Crippen LogP contribution in [0.15, 0.2) is 24.5 Å². The quantitative estimate of drug-likeness (QED) is 0.486. The molecule has 1 saturated carbocycles. The molecule has 9 nitrogen and oxygen atoms in total. The van der Waals surface area contributed by atoms with Gasteiger partial charge in [0.2, 0.25) is 5.82 Å². The van der Waals surface area contributed by atoms with Gasteiger partial charge in [0.05, 0.1) is 6.61 Å². The summed E-state index contributed by atoms with van der Waals surface area (Å²) in [5.74, 6) is -2.35. The fourth-order valence-electron chi connectivity index (χ4n) is 4.11. The Morgan fingerprint density at radius 2 is 1.63 bits per heavy atom. The zero-order valence-electron chi connectivity index (χ0n) is 22.4. The maximum Gasteiger partial charge on any atom is 0.410 e. The van der Waals surface area contributed by atoms with E-state index in [0.717, 1.165) is 12.8 Å². The molecule has 0 atom stereocenters. The highest BCUT2D eigenvalue weighted by atomic mass is 19.1. The molecule has 2 aliphatic rings. The molecule has 2 amide bonds. The highest BCUT2D eigenvalue weighted by Gasteiger charge is 2.43. The molecule has 11 heteroatoms. The summed E-state index contributed by atoms with van der Waals surface area (Å²) in [6, 6.07) is 2.33. The number of amides is 2. The standard InChI is InChI=1S/C27H35F2N5O4/c1-27(7-8-27)38-26(36)34-9-5-18(6-10-34)17-37-23-21(28)13-19(14-22(23)29)20-15-30-24(31-16-20)25(35)33(4)12-11-32(2)3/h13-16,18H,5-12,17H2,1-4H3. The summed E-state index contributed by atoms with van der Waals surface area (Å²) in [6.45, 7) is 4.33. The van der Waals surface area contributed by atoms with Crippen LogP contribution in [0.2, 0.25) is 0 Å². The number of aromatic nitrogens is 2. The average Bonchev–Trinajstić information content (AvgIpc) is 3.62. The Morgan fingerprint density at radius 3 is 2.18 bits per heavy atom. The molecule has 0 radical (unpaired) electrons. The number of carbonyl (C=O) groups excluding carboxylic acids is 2. The van der Waals surface area contributed by atoms with E-state index in [1.807, 2.05) is 25.9 Å². The summed E-state index contributed by atoms with van der Waals surface area (Å²) in [6.07, 6.45) is 5.57. The van der Waals surface area contributed by atoms with Crippen LogP contribution >= 0.6 is 0 Å². The van der Waals surface area contributed by atoms with Gasteiger partial charge < -0.3 is 24.2 Å². The van der Waals surface area contributed by atoms with Gasteiger partial charge in [-0.1, -0.05) is 0 Å². The molecule has 38 heavy (non-hydrogen) atoms. The van der Waals surface area contributed by atoms with Crippen molar-refractivity contribution in [2.24, 2.45) is 5.92 Å². The lowest BCUT2D eigenvalue weighted by atomic mass is 9.98. The first-order valence-electron chi connectivity index (χ1n) is 12.9. The lowest BCUT2D eigenvalue weighted by Crippen LogP contribution is -2.41. The fourth-order valence-corrected chi connectivity index (χ4v) is 4.11. The van der Waals surface area contributed by atoms with Crippen molar-refractivity contribution in [3.05, 3.63) is 42.0 Å². The van der Waals surface area contributed by atoms with Gasteiger partial charge in [0.1, 0.15) is 5.60 Å². The Labute approximate surface area is 221 Å². The van der Waals surface area contributed by atoms with Gasteiger partial charge in [-0.3, -0.25) is 4.79 Å². The van der Waals surface area contributed by atoms with Gasteiger partial charge in [-0.25, -0.2) is 23.5 Å². The van der Waals surface area contributed by atoms with Crippen LogP contribution in [0.25, 0.3) is 11.1 Å². The predicted molar refractivity (Wildman–Crippen MR) is 137 cm³/mol. The van der Waals surface area contributed by atoms with Crippen LogP contribution in [0.1, 0.15) is 43.2 Å². The topological polar surface area (TPSA) is 88.1 Å². The molecule has 2 aromatic rings. The van der Waals surface area contributed by atoms with E-state index < -0.39 is 17.4 Å². The maximum atomic E-state index is 14.8. The number of piperidine rings is 1. The van der Waals surface area contributed by atoms with Crippen LogP contribution in [0.4, 0.5) is 13.6 Å². The number of ether oxygens (including phenoxy) is 2. The number of nitrogens with zero attached hydrogens (tertiary/aromatic N) is 5. The van der Waals surface area contributed by atoms with Gasteiger partial charge in [-0.15, -0.1) is 0 Å². The van der Waals surface area contributed by atoms with E-state index in [-0.39, 0.29) is 41.5 Å². The van der Waals surface area contributed by atoms with Gasteiger partial charge in [-0.2, -0.15) is 0 Å². The van der Waals surface area contributed by atoms with Crippen LogP contribution < -0.4 is 4.74 Å². The summed E-state index contributed by atoms with van der Waals surface area (Å²) in [7, 11) is 5.49. The number of halogens is 2. The van der Waals surface area contributed by atoms with E-state index in [4.69, 9.17) is 9.47 Å². The minimum Gasteiger partial charge on any atom is -0.487 e. The van der Waals surface area contributed by atoms with Crippen molar-refractivity contribution in [1.82, 2.24) is 24.7 Å². The van der Waals surface area contributed by atoms with Crippen molar-refractivity contribution < 1.29 is 27.8 Å². The first-order chi connectivity index (χ1) is 18.0. The Kier molecular flexibility index (Phi) is 8.44. The van der Waals surface area contributed by atoms with E-state index >= 15 is 0 Å². The van der Waals surface area contributed by atoms with Gasteiger partial charge >= 0.3 is 6.09 Å². The number of likely N-dealkylation sites (tertiary alicyclic amines) is 1. The summed E-state index contributed by atoms with van der Waals surface area (Å²) in [5.41, 5.74) is 0.302. The van der Waals surface area contributed by atoms with Gasteiger partial charge in [0.15, 0.2) is 17.4 Å². The van der Waals surface area contributed by atoms with Crippen LogP contribution in [0, 0.1) is 17.6 Å². The van der Waals surface area contributed by atoms with Crippen molar-refractivity contribution in [2.45, 2.75) is 38.2 Å². The summed E-state index contributed by atoms with van der Waals surface area (Å²) >= 11 is 0. The highest BCUT2D eigenvalue weighted by Crippen LogP contribution is 2.39. The first-order valence-corrected chi connectivity index (χ1v) is 12.9. The van der Waals surface area contributed by atoms with Crippen molar-refractivity contribution in [3.8, 4) is 16.9 Å². The number of hydrogen-bond donors (Lipinski definition) is 0. The van der Waals surface area contributed by atoms with Gasteiger partial charge in [0, 0.05) is 51.2 Å². The molecule has 2 heterocycles. The molecule has 1 aliphatic heterocycles. The smallest absolute Gasteiger partial charge is 0.410 e. The largest absolute Gasteiger partial charge is 0.487 e. The monoisotopic (exact) mass is 531 g/mol. The molecule has 4 rings (SSSR count). The van der Waals surface area contributed by atoms with E-state index in [9.17, 15) is 18.4 Å². The Balaban J connectivity index is 1.31. The van der Waals surface area contributed by atoms with Crippen LogP contribution in [0.3, 0.4) is 0 Å². The highest BCUT2D eigenvalue weighted by molar-refractivity contribution is 5.90. The van der Waals surface area contributed by atoms with E-state index in [1.54, 1.807) is 11.9 Å². The molecule has 1 aromatic carbocycles. The molecular formula is C27H35F2N5O4. The van der Waals surface area contributed by atoms with E-state index in [0.29, 0.717) is 44.6 Å². The Morgan fingerprint density at radius 1 is 1.03 bits per heavy atom. The van der Waals surface area contributed by atoms with Crippen LogP contribution in [-0.2, 0) is 4.74 Å². The zero-order chi connectivity index (χ0) is 27.4. The molecule has 0 bridgehead atoms. The van der Waals surface area contributed by atoms with E-state index in [1.165, 1.54) is 29.4 Å². The van der Waals surface area contributed by atoms with Crippen LogP contribution in [-0.4, -0.2) is 96.2 Å². The van der Waals surface area contributed by atoms with Gasteiger partial charge in [0.25, 0.3) is 5.91 Å². The maximum absolute atomic E-state index is 14.8. The lowest BCUT2D eigenvalue weighted by Gasteiger charge is -2.32. The second-order valence-electron chi connectivity index (χ2n) is 10.7. The third-order valence-corrected chi connectivity index (χ3v) is 7.03. The minimum absolute atomic E-state index is 0.0111. The molecular weight excluding hydrogens is 496 g/mol. The number of likely N-dealkylation sites (N-methyl/N-ethyl adjacent to an activating group) is 2. The minimum atomic E-state index is -0.831. The first kappa shape index (κ1) is 27.7. The molecule has 0 N–H and O–H groups in total. The molecule has 0 unspecified atom stereocenters. The molecule has 1 saturated heterocycles. The Bertz CT molecular complexity index is 1130. The number of hydrogen-bond acceptors (Lipinski definition) is 7. The van der Waals surface area contributed by atoms with Crippen molar-refractivity contribution >= 4 is 12.0 Å². The number of benzene rings is 1. The molecule has 1 aromatic heterocycles. The summed E-state index contributed by atoms with van der Waals surface area (Å²) < 4.78 is 40.6. The number of rotatable bonds is 9. The van der Waals surface area contributed by atoms with Crippen molar-refractivity contribution in [2.75, 3.05) is 53.9 Å². The molecule has 0 spiro atoms. The predicted octanol–water partition coefficient (Wildman–Crippen LogP) is 3.84. The van der Waals surface area contributed by atoms with Crippen molar-refractivity contribution in [3.63, 3.8) is 0 Å². The lowest BCUT2D eigenvalue weighted by molar-refractivity contribution is 0.0453. The Hall–Kier alpha value is -3.34. The molecule has 206 valence electrons. The zero-order valence-corrected chi connectivity index (χ0v) is 22.4.